The molecule has 1 aliphatic heterocycles. The zero-order valence-electron chi connectivity index (χ0n) is 17.6. The maximum absolute atomic E-state index is 11.8. The lowest BCUT2D eigenvalue weighted by Gasteiger charge is -2.27. The van der Waals surface area contributed by atoms with Gasteiger partial charge < -0.3 is 20.7 Å². The van der Waals surface area contributed by atoms with Crippen LogP contribution in [0.5, 0.6) is 0 Å². The van der Waals surface area contributed by atoms with Crippen molar-refractivity contribution >= 4 is 11.9 Å². The first-order valence-electron chi connectivity index (χ1n) is 10.9. The van der Waals surface area contributed by atoms with E-state index in [1.807, 2.05) is 0 Å². The molecule has 1 amide bonds. The molecule has 0 unspecified atom stereocenters. The molecular weight excluding hydrogens is 366 g/mol. The van der Waals surface area contributed by atoms with E-state index in [1.165, 1.54) is 11.1 Å². The summed E-state index contributed by atoms with van der Waals surface area (Å²) in [6, 6.07) is 8.96. The summed E-state index contributed by atoms with van der Waals surface area (Å²) < 4.78 is 5.45. The maximum atomic E-state index is 11.8. The van der Waals surface area contributed by atoms with Gasteiger partial charge in [0.25, 0.3) is 0 Å². The monoisotopic (exact) mass is 401 g/mol. The number of nitrogens with one attached hydrogen (secondary N) is 3. The van der Waals surface area contributed by atoms with Gasteiger partial charge in [-0.1, -0.05) is 24.3 Å². The van der Waals surface area contributed by atoms with Gasteiger partial charge in [-0.25, -0.2) is 4.99 Å². The number of hydrogen-bond donors (Lipinski definition) is 3. The summed E-state index contributed by atoms with van der Waals surface area (Å²) in [6.45, 7) is 8.77. The van der Waals surface area contributed by atoms with Crippen LogP contribution in [0.3, 0.4) is 0 Å². The molecule has 1 aliphatic carbocycles. The van der Waals surface area contributed by atoms with Crippen LogP contribution in [0.2, 0.25) is 0 Å². The van der Waals surface area contributed by atoms with Crippen LogP contribution in [0, 0.1) is 0 Å². The van der Waals surface area contributed by atoms with Gasteiger partial charge in [0.15, 0.2) is 5.96 Å². The Morgan fingerprint density at radius 3 is 2.66 bits per heavy atom. The van der Waals surface area contributed by atoms with Gasteiger partial charge in [-0.05, 0) is 37.3 Å². The Bertz CT molecular complexity index is 669. The molecule has 3 N–H and O–H groups in total. The smallest absolute Gasteiger partial charge is 0.220 e. The minimum Gasteiger partial charge on any atom is -0.379 e. The van der Waals surface area contributed by atoms with Crippen LogP contribution < -0.4 is 16.0 Å². The third kappa shape index (κ3) is 8.03. The summed E-state index contributed by atoms with van der Waals surface area (Å²) in [5.41, 5.74) is 2.57. The van der Waals surface area contributed by atoms with E-state index in [9.17, 15) is 4.79 Å². The number of hydrogen-bond acceptors (Lipinski definition) is 4. The lowest BCUT2D eigenvalue weighted by Crippen LogP contribution is -2.38. The number of benzene rings is 1. The minimum atomic E-state index is 0.160. The largest absolute Gasteiger partial charge is 0.379 e. The van der Waals surface area contributed by atoms with Crippen LogP contribution in [0.25, 0.3) is 0 Å². The van der Waals surface area contributed by atoms with Crippen LogP contribution in [-0.2, 0) is 22.6 Å². The molecule has 0 radical (unpaired) electrons. The van der Waals surface area contributed by atoms with Crippen LogP contribution in [0.1, 0.15) is 43.7 Å². The highest BCUT2D eigenvalue weighted by atomic mass is 16.5. The quantitative estimate of drug-likeness (QED) is 0.316. The summed E-state index contributed by atoms with van der Waals surface area (Å²) in [4.78, 5) is 19.0. The number of aliphatic imine (C=N–C) groups is 1. The molecule has 0 spiro atoms. The third-order valence-electron chi connectivity index (χ3n) is 5.18. The van der Waals surface area contributed by atoms with E-state index in [0.29, 0.717) is 19.0 Å². The van der Waals surface area contributed by atoms with E-state index in [0.717, 1.165) is 71.2 Å². The van der Waals surface area contributed by atoms with Crippen LogP contribution in [0.15, 0.2) is 29.3 Å². The van der Waals surface area contributed by atoms with Gasteiger partial charge >= 0.3 is 0 Å². The molecule has 2 aliphatic rings. The minimum absolute atomic E-state index is 0.160. The molecule has 3 rings (SSSR count). The Balaban J connectivity index is 1.47. The maximum Gasteiger partial charge on any atom is 0.220 e. The second-order valence-electron chi connectivity index (χ2n) is 7.72. The predicted octanol–water partition coefficient (Wildman–Crippen LogP) is 1.63. The van der Waals surface area contributed by atoms with Crippen LogP contribution in [0.4, 0.5) is 0 Å². The van der Waals surface area contributed by atoms with E-state index in [4.69, 9.17) is 9.73 Å². The van der Waals surface area contributed by atoms with E-state index in [1.54, 1.807) is 0 Å². The first kappa shape index (κ1) is 21.6. The third-order valence-corrected chi connectivity index (χ3v) is 5.18. The van der Waals surface area contributed by atoms with Gasteiger partial charge in [0, 0.05) is 45.2 Å². The second-order valence-corrected chi connectivity index (χ2v) is 7.72. The molecule has 1 saturated carbocycles. The first-order chi connectivity index (χ1) is 14.2. The molecule has 7 heteroatoms. The van der Waals surface area contributed by atoms with Crippen molar-refractivity contribution < 1.29 is 9.53 Å². The highest BCUT2D eigenvalue weighted by Crippen LogP contribution is 2.18. The number of carbonyl (C=O) groups excluding carboxylic acids is 1. The van der Waals surface area contributed by atoms with Crippen molar-refractivity contribution in [2.24, 2.45) is 4.99 Å². The lowest BCUT2D eigenvalue weighted by molar-refractivity contribution is -0.121. The van der Waals surface area contributed by atoms with Crippen molar-refractivity contribution in [2.75, 3.05) is 39.4 Å². The number of ether oxygens (including phenoxy) is 1. The lowest BCUT2D eigenvalue weighted by atomic mass is 10.1. The van der Waals surface area contributed by atoms with Gasteiger partial charge in [0.1, 0.15) is 0 Å². The fourth-order valence-electron chi connectivity index (χ4n) is 3.36. The van der Waals surface area contributed by atoms with E-state index < -0.39 is 0 Å². The second kappa shape index (κ2) is 11.8. The fraction of sp³-hybridized carbons (Fsp3) is 0.636. The summed E-state index contributed by atoms with van der Waals surface area (Å²) in [5.74, 6) is 0.963. The van der Waals surface area contributed by atoms with Crippen molar-refractivity contribution in [3.8, 4) is 0 Å². The van der Waals surface area contributed by atoms with Crippen molar-refractivity contribution in [3.05, 3.63) is 35.4 Å². The normalized spacial score (nSPS) is 17.8. The van der Waals surface area contributed by atoms with Gasteiger partial charge in [-0.15, -0.1) is 0 Å². The van der Waals surface area contributed by atoms with E-state index in [-0.39, 0.29) is 5.91 Å². The summed E-state index contributed by atoms with van der Waals surface area (Å²) in [6.07, 6.45) is 3.63. The molecule has 0 bridgehead atoms. The SMILES string of the molecule is CCNC(=NCc1ccccc1CN1CCOCC1)NCCCC(=O)NC1CC1. The van der Waals surface area contributed by atoms with Gasteiger partial charge in [0.2, 0.25) is 5.91 Å². The van der Waals surface area contributed by atoms with Crippen LogP contribution >= 0.6 is 0 Å². The summed E-state index contributed by atoms with van der Waals surface area (Å²) in [7, 11) is 0. The molecule has 0 atom stereocenters. The van der Waals surface area contributed by atoms with Gasteiger partial charge in [-0.2, -0.15) is 0 Å². The number of amides is 1. The zero-order chi connectivity index (χ0) is 20.3. The van der Waals surface area contributed by atoms with Crippen molar-refractivity contribution in [1.82, 2.24) is 20.9 Å². The Hall–Kier alpha value is -2.12. The molecule has 2 fully saturated rings. The number of rotatable bonds is 10. The van der Waals surface area contributed by atoms with Gasteiger partial charge in [0.05, 0.1) is 19.8 Å². The molecule has 1 heterocycles. The average molecular weight is 402 g/mol. The number of nitrogens with zero attached hydrogens (tertiary/aromatic N) is 2. The molecule has 1 saturated heterocycles. The number of guanidine groups is 1. The van der Waals surface area contributed by atoms with Crippen molar-refractivity contribution in [1.29, 1.82) is 0 Å². The first-order valence-corrected chi connectivity index (χ1v) is 10.9. The molecule has 29 heavy (non-hydrogen) atoms. The molecule has 7 nitrogen and oxygen atoms in total. The van der Waals surface area contributed by atoms with E-state index >= 15 is 0 Å². The standard InChI is InChI=1S/C22H35N5O2/c1-2-23-22(24-11-5-8-21(28)26-20-9-10-20)25-16-18-6-3-4-7-19(18)17-27-12-14-29-15-13-27/h3-4,6-7,20H,2,5,8-17H2,1H3,(H,26,28)(H2,23,24,25). The van der Waals surface area contributed by atoms with E-state index in [2.05, 4.69) is 52.0 Å². The Labute approximate surface area is 174 Å². The van der Waals surface area contributed by atoms with Crippen molar-refractivity contribution in [3.63, 3.8) is 0 Å². The topological polar surface area (TPSA) is 78.0 Å². The zero-order valence-corrected chi connectivity index (χ0v) is 17.6. The molecule has 1 aromatic rings. The highest BCUT2D eigenvalue weighted by Gasteiger charge is 2.22. The summed E-state index contributed by atoms with van der Waals surface area (Å²) >= 11 is 0. The fourth-order valence-corrected chi connectivity index (χ4v) is 3.36. The molecular formula is C22H35N5O2. The Morgan fingerprint density at radius 1 is 1.17 bits per heavy atom. The summed E-state index contributed by atoms with van der Waals surface area (Å²) in [5, 5.41) is 9.67. The molecule has 160 valence electrons. The Morgan fingerprint density at radius 2 is 1.93 bits per heavy atom. The number of morpholine rings is 1. The van der Waals surface area contributed by atoms with Gasteiger partial charge in [-0.3, -0.25) is 9.69 Å². The highest BCUT2D eigenvalue weighted by molar-refractivity contribution is 5.80. The predicted molar refractivity (Wildman–Crippen MR) is 116 cm³/mol. The van der Waals surface area contributed by atoms with Crippen LogP contribution in [-0.4, -0.2) is 62.2 Å². The number of carbonyl (C=O) groups is 1. The Kier molecular flexibility index (Phi) is 8.77. The molecule has 0 aromatic heterocycles. The average Bonchev–Trinajstić information content (AvgIpc) is 3.55. The molecule has 1 aromatic carbocycles. The van der Waals surface area contributed by atoms with Crippen molar-refractivity contribution in [2.45, 2.75) is 51.7 Å².